The third kappa shape index (κ3) is 3.83. The molecule has 1 aliphatic heterocycles. The van der Waals surface area contributed by atoms with E-state index in [1.54, 1.807) is 40.7 Å². The second-order valence-electron chi connectivity index (χ2n) is 6.26. The van der Waals surface area contributed by atoms with Crippen molar-refractivity contribution in [2.75, 3.05) is 31.1 Å². The van der Waals surface area contributed by atoms with E-state index in [1.807, 2.05) is 4.90 Å². The van der Waals surface area contributed by atoms with Crippen LogP contribution in [0.4, 0.5) is 10.2 Å². The number of pyridine rings is 1. The standard InChI is InChI=1S/C19H15Cl2FN4OS/c20-12-9-14(21)17(23-10-12)25-5-7-26(8-6-25)19(27)16-11-28-18(24-16)13-3-1-2-4-15(13)22/h1-4,9-11H,5-8H2. The fourth-order valence-corrected chi connectivity index (χ4v) is 4.37. The van der Waals surface area contributed by atoms with Gasteiger partial charge in [0.1, 0.15) is 22.3 Å². The fourth-order valence-electron chi connectivity index (χ4n) is 3.05. The molecular formula is C19H15Cl2FN4OS. The second kappa shape index (κ2) is 8.03. The number of thiazole rings is 1. The molecule has 0 unspecified atom stereocenters. The van der Waals surface area contributed by atoms with Crippen molar-refractivity contribution in [1.82, 2.24) is 14.9 Å². The minimum Gasteiger partial charge on any atom is -0.352 e. The van der Waals surface area contributed by atoms with Crippen molar-refractivity contribution in [3.05, 3.63) is 63.5 Å². The Bertz CT molecular complexity index is 1020. The summed E-state index contributed by atoms with van der Waals surface area (Å²) in [6.07, 6.45) is 1.56. The first-order valence-corrected chi connectivity index (χ1v) is 10.2. The highest BCUT2D eigenvalue weighted by Crippen LogP contribution is 2.28. The van der Waals surface area contributed by atoms with Crippen LogP contribution in [0.3, 0.4) is 0 Å². The summed E-state index contributed by atoms with van der Waals surface area (Å²) in [4.78, 5) is 25.2. The Morgan fingerprint density at radius 3 is 2.61 bits per heavy atom. The van der Waals surface area contributed by atoms with E-state index < -0.39 is 0 Å². The van der Waals surface area contributed by atoms with Crippen LogP contribution < -0.4 is 4.90 Å². The molecule has 5 nitrogen and oxygen atoms in total. The minimum absolute atomic E-state index is 0.159. The van der Waals surface area contributed by atoms with E-state index in [-0.39, 0.29) is 11.7 Å². The van der Waals surface area contributed by atoms with Crippen molar-refractivity contribution in [3.8, 4) is 10.6 Å². The average molecular weight is 437 g/mol. The van der Waals surface area contributed by atoms with Gasteiger partial charge < -0.3 is 9.80 Å². The Balaban J connectivity index is 1.44. The maximum atomic E-state index is 13.9. The lowest BCUT2D eigenvalue weighted by atomic mass is 10.2. The van der Waals surface area contributed by atoms with Crippen LogP contribution in [-0.4, -0.2) is 47.0 Å². The van der Waals surface area contributed by atoms with Crippen molar-refractivity contribution in [1.29, 1.82) is 0 Å². The van der Waals surface area contributed by atoms with Crippen LogP contribution in [0, 0.1) is 5.82 Å². The molecule has 1 aliphatic rings. The molecule has 0 spiro atoms. The summed E-state index contributed by atoms with van der Waals surface area (Å²) in [5.41, 5.74) is 0.735. The zero-order chi connectivity index (χ0) is 19.7. The van der Waals surface area contributed by atoms with Crippen LogP contribution in [0.15, 0.2) is 41.9 Å². The first-order valence-electron chi connectivity index (χ1n) is 8.58. The van der Waals surface area contributed by atoms with E-state index in [9.17, 15) is 9.18 Å². The number of nitrogens with zero attached hydrogens (tertiary/aromatic N) is 4. The SMILES string of the molecule is O=C(c1csc(-c2ccccc2F)n1)N1CCN(c2ncc(Cl)cc2Cl)CC1. The van der Waals surface area contributed by atoms with Gasteiger partial charge in [0, 0.05) is 43.3 Å². The van der Waals surface area contributed by atoms with Gasteiger partial charge in [-0.2, -0.15) is 0 Å². The number of benzene rings is 1. The van der Waals surface area contributed by atoms with Gasteiger partial charge in [-0.25, -0.2) is 14.4 Å². The number of carbonyl (C=O) groups excluding carboxylic acids is 1. The molecule has 0 N–H and O–H groups in total. The molecule has 0 atom stereocenters. The van der Waals surface area contributed by atoms with Gasteiger partial charge in [-0.15, -0.1) is 11.3 Å². The van der Waals surface area contributed by atoms with Crippen LogP contribution in [-0.2, 0) is 0 Å². The molecule has 0 saturated carbocycles. The van der Waals surface area contributed by atoms with Crippen molar-refractivity contribution in [3.63, 3.8) is 0 Å². The topological polar surface area (TPSA) is 49.3 Å². The van der Waals surface area contributed by atoms with Crippen molar-refractivity contribution in [2.24, 2.45) is 0 Å². The van der Waals surface area contributed by atoms with Gasteiger partial charge in [-0.05, 0) is 18.2 Å². The third-order valence-corrected chi connectivity index (χ3v) is 5.84. The first kappa shape index (κ1) is 19.1. The van der Waals surface area contributed by atoms with E-state index in [1.165, 1.54) is 17.4 Å². The predicted molar refractivity (Wildman–Crippen MR) is 110 cm³/mol. The molecule has 1 amide bonds. The van der Waals surface area contributed by atoms with Gasteiger partial charge in [0.05, 0.1) is 10.0 Å². The Morgan fingerprint density at radius 1 is 1.14 bits per heavy atom. The number of carbonyl (C=O) groups is 1. The van der Waals surface area contributed by atoms with Gasteiger partial charge >= 0.3 is 0 Å². The molecule has 4 rings (SSSR count). The molecule has 3 aromatic rings. The normalized spacial score (nSPS) is 14.4. The molecule has 0 bridgehead atoms. The van der Waals surface area contributed by atoms with Crippen LogP contribution in [0.25, 0.3) is 10.6 Å². The summed E-state index contributed by atoms with van der Waals surface area (Å²) in [6, 6.07) is 8.07. The summed E-state index contributed by atoms with van der Waals surface area (Å²) in [7, 11) is 0. The Hall–Kier alpha value is -2.22. The van der Waals surface area contributed by atoms with Gasteiger partial charge in [0.15, 0.2) is 0 Å². The summed E-state index contributed by atoms with van der Waals surface area (Å²) < 4.78 is 13.9. The Kier molecular flexibility index (Phi) is 5.48. The van der Waals surface area contributed by atoms with Crippen molar-refractivity contribution in [2.45, 2.75) is 0 Å². The zero-order valence-corrected chi connectivity index (χ0v) is 16.9. The summed E-state index contributed by atoms with van der Waals surface area (Å²) >= 11 is 13.4. The van der Waals surface area contributed by atoms with E-state index in [0.29, 0.717) is 58.3 Å². The van der Waals surface area contributed by atoms with E-state index in [2.05, 4.69) is 9.97 Å². The summed E-state index contributed by atoms with van der Waals surface area (Å²) in [5.74, 6) is 0.152. The predicted octanol–water partition coefficient (Wildman–Crippen LogP) is 4.61. The van der Waals surface area contributed by atoms with Gasteiger partial charge in [-0.3, -0.25) is 4.79 Å². The highest BCUT2D eigenvalue weighted by molar-refractivity contribution is 7.13. The van der Waals surface area contributed by atoms with E-state index in [4.69, 9.17) is 23.2 Å². The van der Waals surface area contributed by atoms with Crippen LogP contribution >= 0.6 is 34.5 Å². The second-order valence-corrected chi connectivity index (χ2v) is 7.96. The number of aromatic nitrogens is 2. The number of rotatable bonds is 3. The molecule has 1 saturated heterocycles. The zero-order valence-electron chi connectivity index (χ0n) is 14.6. The lowest BCUT2D eigenvalue weighted by molar-refractivity contribution is 0.0741. The Labute approximate surface area is 175 Å². The molecular weight excluding hydrogens is 422 g/mol. The number of piperazine rings is 1. The minimum atomic E-state index is -0.350. The number of anilines is 1. The van der Waals surface area contributed by atoms with Crippen LogP contribution in [0.1, 0.15) is 10.5 Å². The number of hydrogen-bond donors (Lipinski definition) is 0. The summed E-state index contributed by atoms with van der Waals surface area (Å²) in [5, 5.41) is 3.14. The number of halogens is 3. The average Bonchev–Trinajstić information content (AvgIpc) is 3.18. The molecule has 0 aliphatic carbocycles. The van der Waals surface area contributed by atoms with E-state index >= 15 is 0 Å². The number of hydrogen-bond acceptors (Lipinski definition) is 5. The lowest BCUT2D eigenvalue weighted by Crippen LogP contribution is -2.49. The molecule has 3 heterocycles. The quantitative estimate of drug-likeness (QED) is 0.601. The fraction of sp³-hybridized carbons (Fsp3) is 0.211. The van der Waals surface area contributed by atoms with Gasteiger partial charge in [0.25, 0.3) is 5.91 Å². The molecule has 0 radical (unpaired) electrons. The molecule has 9 heteroatoms. The van der Waals surface area contributed by atoms with Crippen molar-refractivity contribution < 1.29 is 9.18 Å². The third-order valence-electron chi connectivity index (χ3n) is 4.48. The monoisotopic (exact) mass is 436 g/mol. The molecule has 1 fully saturated rings. The van der Waals surface area contributed by atoms with Crippen molar-refractivity contribution >= 4 is 46.3 Å². The maximum absolute atomic E-state index is 13.9. The summed E-state index contributed by atoms with van der Waals surface area (Å²) in [6.45, 7) is 2.24. The van der Waals surface area contributed by atoms with Crippen LogP contribution in [0.5, 0.6) is 0 Å². The maximum Gasteiger partial charge on any atom is 0.273 e. The van der Waals surface area contributed by atoms with Crippen LogP contribution in [0.2, 0.25) is 10.0 Å². The lowest BCUT2D eigenvalue weighted by Gasteiger charge is -2.35. The molecule has 144 valence electrons. The van der Waals surface area contributed by atoms with Gasteiger partial charge in [0.2, 0.25) is 0 Å². The smallest absolute Gasteiger partial charge is 0.273 e. The first-order chi connectivity index (χ1) is 13.5. The molecule has 1 aromatic carbocycles. The molecule has 28 heavy (non-hydrogen) atoms. The number of amides is 1. The highest BCUT2D eigenvalue weighted by Gasteiger charge is 2.25. The molecule has 2 aromatic heterocycles. The Morgan fingerprint density at radius 2 is 1.89 bits per heavy atom. The van der Waals surface area contributed by atoms with E-state index in [0.717, 1.165) is 0 Å². The van der Waals surface area contributed by atoms with Gasteiger partial charge in [-0.1, -0.05) is 35.3 Å². The highest BCUT2D eigenvalue weighted by atomic mass is 35.5. The largest absolute Gasteiger partial charge is 0.352 e.